The monoisotopic (exact) mass is 533 g/mol. The summed E-state index contributed by atoms with van der Waals surface area (Å²) in [4.78, 5) is 31.7. The lowest BCUT2D eigenvalue weighted by Gasteiger charge is -2.46. The average Bonchev–Trinajstić information content (AvgIpc) is 3.32. The number of nitrogens with zero attached hydrogens (tertiary/aromatic N) is 5. The Hall–Kier alpha value is -3.08. The molecule has 0 saturated carbocycles. The number of ether oxygens (including phenoxy) is 1. The van der Waals surface area contributed by atoms with Crippen molar-refractivity contribution in [2.45, 2.75) is 25.2 Å². The van der Waals surface area contributed by atoms with Gasteiger partial charge in [0.2, 0.25) is 0 Å². The predicted octanol–water partition coefficient (Wildman–Crippen LogP) is 2.93. The number of aromatic nitrogens is 3. The molecule has 0 aliphatic carbocycles. The second-order valence-corrected chi connectivity index (χ2v) is 10.7. The molecule has 2 saturated heterocycles. The van der Waals surface area contributed by atoms with E-state index in [1.54, 1.807) is 0 Å². The first-order valence-corrected chi connectivity index (χ1v) is 13.4. The maximum Gasteiger partial charge on any atom is 0.138 e. The second-order valence-electron chi connectivity index (χ2n) is 10.3. The molecule has 4 aromatic rings. The predicted molar refractivity (Wildman–Crippen MR) is 149 cm³/mol. The smallest absolute Gasteiger partial charge is 0.138 e. The number of nitrogens with one attached hydrogen (secondary N) is 1. The molecule has 0 spiro atoms. The fourth-order valence-corrected chi connectivity index (χ4v) is 5.96. The van der Waals surface area contributed by atoms with Crippen molar-refractivity contribution in [2.24, 2.45) is 0 Å². The van der Waals surface area contributed by atoms with Crippen LogP contribution in [0.5, 0.6) is 0 Å². The van der Waals surface area contributed by atoms with E-state index in [2.05, 4.69) is 47.9 Å². The Labute approximate surface area is 226 Å². The number of hydrogen-bond donors (Lipinski definition) is 2. The van der Waals surface area contributed by atoms with Gasteiger partial charge in [-0.3, -0.25) is 14.7 Å². The Bertz CT molecular complexity index is 1440. The Morgan fingerprint density at radius 2 is 1.92 bits per heavy atom. The zero-order valence-corrected chi connectivity index (χ0v) is 22.0. The van der Waals surface area contributed by atoms with Crippen LogP contribution >= 0.6 is 11.6 Å². The number of H-pyrrole nitrogens is 1. The molecule has 0 radical (unpaired) electrons. The minimum atomic E-state index is -0.222. The molecule has 2 atom stereocenters. The molecule has 1 unspecified atom stereocenters. The van der Waals surface area contributed by atoms with Crippen LogP contribution in [0.25, 0.3) is 21.8 Å². The zero-order valence-electron chi connectivity index (χ0n) is 21.2. The second kappa shape index (κ2) is 11.0. The summed E-state index contributed by atoms with van der Waals surface area (Å²) in [6.45, 7) is 7.13. The lowest BCUT2D eigenvalue weighted by atomic mass is 10.0. The highest BCUT2D eigenvalue weighted by atomic mass is 35.5. The highest BCUT2D eigenvalue weighted by Crippen LogP contribution is 2.26. The number of nitrogens with two attached hydrogens (primary N) is 1. The molecule has 38 heavy (non-hydrogen) atoms. The van der Waals surface area contributed by atoms with Gasteiger partial charge in [0.05, 0.1) is 24.8 Å². The molecular weight excluding hydrogens is 502 g/mol. The summed E-state index contributed by atoms with van der Waals surface area (Å²) < 4.78 is 5.58. The number of aromatic amines is 1. The number of benzene rings is 2. The van der Waals surface area contributed by atoms with E-state index in [1.165, 1.54) is 6.33 Å². The van der Waals surface area contributed by atoms with Crippen molar-refractivity contribution >= 4 is 45.5 Å². The first kappa shape index (κ1) is 25.2. The van der Waals surface area contributed by atoms with Crippen LogP contribution in [0.1, 0.15) is 11.3 Å². The summed E-state index contributed by atoms with van der Waals surface area (Å²) in [5.41, 5.74) is 10.2. The quantitative estimate of drug-likeness (QED) is 0.349. The molecule has 9 nitrogen and oxygen atoms in total. The highest BCUT2D eigenvalue weighted by molar-refractivity contribution is 6.31. The maximum absolute atomic E-state index is 12.5. The van der Waals surface area contributed by atoms with E-state index in [0.717, 1.165) is 90.3 Å². The van der Waals surface area contributed by atoms with Crippen molar-refractivity contribution in [3.63, 3.8) is 0 Å². The van der Waals surface area contributed by atoms with Gasteiger partial charge in [0.25, 0.3) is 0 Å². The third-order valence-electron chi connectivity index (χ3n) is 7.67. The molecule has 2 aliphatic rings. The van der Waals surface area contributed by atoms with Gasteiger partial charge in [-0.1, -0.05) is 17.7 Å². The van der Waals surface area contributed by atoms with Crippen LogP contribution in [0.15, 0.2) is 48.8 Å². The number of nitrogen functional groups attached to an aromatic ring is 1. The van der Waals surface area contributed by atoms with Gasteiger partial charge >= 0.3 is 0 Å². The lowest BCUT2D eigenvalue weighted by molar-refractivity contribution is -0.118. The topological polar surface area (TPSA) is 104 Å². The number of aldehydes is 1. The van der Waals surface area contributed by atoms with E-state index in [-0.39, 0.29) is 12.1 Å². The molecule has 3 N–H and O–H groups in total. The summed E-state index contributed by atoms with van der Waals surface area (Å²) >= 11 is 6.20. The van der Waals surface area contributed by atoms with Crippen LogP contribution in [0.2, 0.25) is 5.02 Å². The SMILES string of the molecule is Nc1ncnc2cc(CN3C(C=O)CN(Cc4cc5cc(Cl)ccc5[nH]4)C[C@H]3CN3CCOCC3)ccc12. The molecular formula is C28H32ClN7O2. The van der Waals surface area contributed by atoms with E-state index in [9.17, 15) is 4.79 Å². The van der Waals surface area contributed by atoms with Gasteiger partial charge in [-0.25, -0.2) is 9.97 Å². The molecule has 6 rings (SSSR count). The Balaban J connectivity index is 1.25. The number of hydrogen-bond acceptors (Lipinski definition) is 8. The molecule has 2 aromatic carbocycles. The first-order valence-electron chi connectivity index (χ1n) is 13.1. The molecule has 198 valence electrons. The number of fused-ring (bicyclic) bond motifs is 2. The number of rotatable bonds is 7. The minimum Gasteiger partial charge on any atom is -0.383 e. The Kier molecular flexibility index (Phi) is 7.27. The van der Waals surface area contributed by atoms with E-state index in [1.807, 2.05) is 24.3 Å². The van der Waals surface area contributed by atoms with Gasteiger partial charge in [-0.2, -0.15) is 0 Å². The van der Waals surface area contributed by atoms with Gasteiger partial charge in [-0.05, 0) is 42.0 Å². The van der Waals surface area contributed by atoms with Gasteiger partial charge < -0.3 is 20.2 Å². The maximum atomic E-state index is 12.5. The molecule has 2 aromatic heterocycles. The average molecular weight is 534 g/mol. The third kappa shape index (κ3) is 5.39. The molecule has 2 aliphatic heterocycles. The van der Waals surface area contributed by atoms with Crippen LogP contribution in [-0.2, 0) is 22.6 Å². The van der Waals surface area contributed by atoms with E-state index < -0.39 is 0 Å². The summed E-state index contributed by atoms with van der Waals surface area (Å²) in [6, 6.07) is 14.1. The minimum absolute atomic E-state index is 0.182. The van der Waals surface area contributed by atoms with Gasteiger partial charge in [0.1, 0.15) is 18.4 Å². The van der Waals surface area contributed by atoms with Gasteiger partial charge in [0.15, 0.2) is 0 Å². The van der Waals surface area contributed by atoms with E-state index >= 15 is 0 Å². The van der Waals surface area contributed by atoms with E-state index in [4.69, 9.17) is 22.1 Å². The van der Waals surface area contributed by atoms with Crippen LogP contribution in [0.3, 0.4) is 0 Å². The third-order valence-corrected chi connectivity index (χ3v) is 7.90. The normalized spacial score (nSPS) is 21.8. The Morgan fingerprint density at radius 1 is 1.05 bits per heavy atom. The number of piperazine rings is 1. The number of morpholine rings is 1. The van der Waals surface area contributed by atoms with E-state index in [0.29, 0.717) is 18.9 Å². The van der Waals surface area contributed by atoms with Crippen LogP contribution in [-0.4, -0.2) is 94.0 Å². The first-order chi connectivity index (χ1) is 18.6. The molecule has 2 fully saturated rings. The number of carbonyl (C=O) groups is 1. The molecule has 4 heterocycles. The number of carbonyl (C=O) groups excluding carboxylic acids is 1. The lowest BCUT2D eigenvalue weighted by Crippen LogP contribution is -2.62. The summed E-state index contributed by atoms with van der Waals surface area (Å²) in [5.74, 6) is 0.477. The summed E-state index contributed by atoms with van der Waals surface area (Å²) in [6.07, 6.45) is 2.60. The largest absolute Gasteiger partial charge is 0.383 e. The standard InChI is InChI=1S/C28H32ClN7O2/c29-21-2-4-26-20(10-21)11-22(33-26)13-35-15-23(14-34-5-7-38-8-6-34)36(24(16-35)17-37)12-19-1-3-25-27(9-19)31-18-32-28(25)30/h1-4,9-11,17-18,23-24,33H,5-8,12-16H2,(H2,30,31,32)/t23-,24?/m1/s1. The molecule has 10 heteroatoms. The zero-order chi connectivity index (χ0) is 26.1. The van der Waals surface area contributed by atoms with Gasteiger partial charge in [-0.15, -0.1) is 0 Å². The Morgan fingerprint density at radius 3 is 2.76 bits per heavy atom. The van der Waals surface area contributed by atoms with Crippen molar-refractivity contribution in [1.29, 1.82) is 0 Å². The summed E-state index contributed by atoms with van der Waals surface area (Å²) in [5, 5.41) is 2.67. The molecule has 0 bridgehead atoms. The fraction of sp³-hybridized carbons (Fsp3) is 0.393. The van der Waals surface area contributed by atoms with Crippen molar-refractivity contribution in [3.8, 4) is 0 Å². The van der Waals surface area contributed by atoms with Crippen molar-refractivity contribution in [1.82, 2.24) is 29.7 Å². The van der Waals surface area contributed by atoms with Crippen LogP contribution in [0, 0.1) is 0 Å². The van der Waals surface area contributed by atoms with Crippen molar-refractivity contribution < 1.29 is 9.53 Å². The number of anilines is 1. The van der Waals surface area contributed by atoms with Crippen LogP contribution < -0.4 is 5.73 Å². The van der Waals surface area contributed by atoms with Gasteiger partial charge in [0, 0.05) is 78.9 Å². The van der Waals surface area contributed by atoms with Crippen molar-refractivity contribution in [2.75, 3.05) is 51.7 Å². The fourth-order valence-electron chi connectivity index (χ4n) is 5.78. The molecule has 0 amide bonds. The van der Waals surface area contributed by atoms with Crippen LogP contribution in [0.4, 0.5) is 5.82 Å². The summed E-state index contributed by atoms with van der Waals surface area (Å²) in [7, 11) is 0. The number of halogens is 1. The van der Waals surface area contributed by atoms with Crippen molar-refractivity contribution in [3.05, 3.63) is 65.1 Å². The highest BCUT2D eigenvalue weighted by Gasteiger charge is 2.35.